The molecule has 6 aromatic rings. The minimum atomic E-state index is -0.934. The van der Waals surface area contributed by atoms with Gasteiger partial charge >= 0.3 is 5.97 Å². The standard InChI is InChI=1S/C27H36FNO4.C18H18O2.C15H14O2.CH4/c1-16(2)26-23(12-11-21(31)14-22(32)13-18(5)30)25(19-7-9-20(28)10-8-19)24(15-33-6)27(29-26)17(3)4;1-13-4-6-16(7-5-13)8-9-17-10-14(2)11-18(12-17)20-15(3)19;1-11-2-4-12(5-3-11)6-7-13-8-14(16)10-15(17)9-13;/h7-12,16-17,21-22,31-32H,13-15H2,1-6H3;4-12H,1-3H3;2-10,16-17H,1H3;1H4/b12-11+;9-8+;7-6+;/t21-,22+;;;/m1.../s1. The molecule has 0 radical (unpaired) electrons. The summed E-state index contributed by atoms with van der Waals surface area (Å²) in [5.74, 6) is 0.209. The van der Waals surface area contributed by atoms with Gasteiger partial charge in [0.2, 0.25) is 0 Å². The second-order valence-electron chi connectivity index (χ2n) is 18.1. The molecule has 376 valence electrons. The third-order valence-electron chi connectivity index (χ3n) is 10.8. The number of aliphatic hydroxyl groups excluding tert-OH is 2. The summed E-state index contributed by atoms with van der Waals surface area (Å²) in [5, 5.41) is 39.2. The number of rotatable bonds is 16. The van der Waals surface area contributed by atoms with Gasteiger partial charge in [-0.15, -0.1) is 0 Å². The number of carbonyl (C=O) groups is 2. The summed E-state index contributed by atoms with van der Waals surface area (Å²) in [6, 6.07) is 33.1. The smallest absolute Gasteiger partial charge is 0.308 e. The molecule has 0 aliphatic rings. The van der Waals surface area contributed by atoms with Gasteiger partial charge in [-0.05, 0) is 115 Å². The molecule has 0 saturated carbocycles. The number of phenolic OH excluding ortho intramolecular Hbond substituents is 2. The van der Waals surface area contributed by atoms with Gasteiger partial charge in [0.1, 0.15) is 28.8 Å². The van der Waals surface area contributed by atoms with Crippen molar-refractivity contribution in [2.45, 2.75) is 113 Å². The first-order valence-corrected chi connectivity index (χ1v) is 23.4. The van der Waals surface area contributed by atoms with Crippen molar-refractivity contribution in [3.8, 4) is 28.4 Å². The van der Waals surface area contributed by atoms with Crippen LogP contribution in [0.1, 0.15) is 135 Å². The quantitative estimate of drug-likeness (QED) is 0.0423. The number of ketones is 1. The Bertz CT molecular complexity index is 2720. The molecular weight excluding hydrogens is 894 g/mol. The summed E-state index contributed by atoms with van der Waals surface area (Å²) in [7, 11) is 1.63. The summed E-state index contributed by atoms with van der Waals surface area (Å²) in [5.41, 5.74) is 12.8. The van der Waals surface area contributed by atoms with Crippen molar-refractivity contribution in [2.24, 2.45) is 0 Å². The third-order valence-corrected chi connectivity index (χ3v) is 10.8. The SMILES string of the molecule is C.CC(=O)Oc1cc(C)cc(/C=C/c2ccc(C)cc2)c1.COCc1c(C(C)C)nc(C(C)C)c(/C=C/[C@@H](O)C[C@@H](O)CC(C)=O)c1-c1ccc(F)cc1.Cc1ccc(/C=C/c2cc(O)cc(O)c2)cc1. The zero-order chi connectivity index (χ0) is 51.5. The number of halogens is 1. The van der Waals surface area contributed by atoms with Gasteiger partial charge < -0.3 is 29.9 Å². The first-order valence-electron chi connectivity index (χ1n) is 23.4. The number of carbonyl (C=O) groups excluding carboxylic acids is 2. The van der Waals surface area contributed by atoms with Crippen molar-refractivity contribution in [3.05, 3.63) is 183 Å². The number of nitrogens with zero attached hydrogens (tertiary/aromatic N) is 1. The van der Waals surface area contributed by atoms with E-state index in [1.165, 1.54) is 43.2 Å². The van der Waals surface area contributed by atoms with Gasteiger partial charge in [0.05, 0.1) is 24.5 Å². The van der Waals surface area contributed by atoms with Crippen molar-refractivity contribution < 1.29 is 43.9 Å². The Morgan fingerprint density at radius 3 is 1.63 bits per heavy atom. The number of aromatic nitrogens is 1. The number of aromatic hydroxyl groups is 2. The van der Waals surface area contributed by atoms with Gasteiger partial charge in [-0.25, -0.2) is 4.39 Å². The average molecular weight is 966 g/mol. The first-order chi connectivity index (χ1) is 33.2. The molecular formula is C61H72FNO8. The summed E-state index contributed by atoms with van der Waals surface area (Å²) in [6.45, 7) is 17.5. The lowest BCUT2D eigenvalue weighted by Crippen LogP contribution is -2.18. The van der Waals surface area contributed by atoms with Gasteiger partial charge in [0.15, 0.2) is 0 Å². The Labute approximate surface area is 420 Å². The van der Waals surface area contributed by atoms with Crippen molar-refractivity contribution in [1.82, 2.24) is 4.98 Å². The van der Waals surface area contributed by atoms with Crippen LogP contribution in [0.2, 0.25) is 0 Å². The lowest BCUT2D eigenvalue weighted by Gasteiger charge is -2.23. The molecule has 5 aromatic carbocycles. The number of esters is 1. The molecule has 1 heterocycles. The van der Waals surface area contributed by atoms with Gasteiger partial charge in [0.25, 0.3) is 0 Å². The van der Waals surface area contributed by atoms with Crippen molar-refractivity contribution in [2.75, 3.05) is 7.11 Å². The molecule has 0 fully saturated rings. The van der Waals surface area contributed by atoms with Crippen LogP contribution >= 0.6 is 0 Å². The van der Waals surface area contributed by atoms with Crippen LogP contribution in [0.4, 0.5) is 4.39 Å². The maximum atomic E-state index is 13.7. The van der Waals surface area contributed by atoms with Gasteiger partial charge in [-0.1, -0.05) is 149 Å². The van der Waals surface area contributed by atoms with Gasteiger partial charge in [-0.3, -0.25) is 14.6 Å². The Kier molecular flexibility index (Phi) is 23.5. The van der Waals surface area contributed by atoms with Crippen LogP contribution in [-0.2, 0) is 20.9 Å². The van der Waals surface area contributed by atoms with E-state index >= 15 is 0 Å². The molecule has 0 aliphatic carbocycles. The van der Waals surface area contributed by atoms with Crippen LogP contribution in [0.3, 0.4) is 0 Å². The maximum absolute atomic E-state index is 13.7. The van der Waals surface area contributed by atoms with E-state index in [2.05, 4.69) is 65.0 Å². The molecule has 0 amide bonds. The molecule has 9 nitrogen and oxygen atoms in total. The lowest BCUT2D eigenvalue weighted by molar-refractivity contribution is -0.131. The molecule has 2 atom stereocenters. The molecule has 0 bridgehead atoms. The number of pyridine rings is 1. The molecule has 4 N–H and O–H groups in total. The summed E-state index contributed by atoms with van der Waals surface area (Å²) >= 11 is 0. The van der Waals surface area contributed by atoms with Crippen LogP contribution in [0.25, 0.3) is 41.5 Å². The van der Waals surface area contributed by atoms with Gasteiger partial charge in [-0.2, -0.15) is 0 Å². The van der Waals surface area contributed by atoms with E-state index in [0.717, 1.165) is 61.5 Å². The zero-order valence-electron chi connectivity index (χ0n) is 42.0. The lowest BCUT2D eigenvalue weighted by atomic mass is 9.87. The van der Waals surface area contributed by atoms with E-state index in [4.69, 9.17) is 14.5 Å². The fourth-order valence-electron chi connectivity index (χ4n) is 7.53. The fraction of sp³-hybridized carbons (Fsp3) is 0.295. The molecule has 0 unspecified atom stereocenters. The van der Waals surface area contributed by atoms with Crippen LogP contribution in [0.15, 0.2) is 115 Å². The number of aryl methyl sites for hydroxylation is 3. The number of Topliss-reactive ketones (excluding diaryl/α,β-unsaturated/α-hetero) is 1. The first kappa shape index (κ1) is 58.3. The van der Waals surface area contributed by atoms with Crippen LogP contribution < -0.4 is 4.74 Å². The minimum absolute atomic E-state index is 0. The highest BCUT2D eigenvalue weighted by molar-refractivity contribution is 5.81. The van der Waals surface area contributed by atoms with E-state index < -0.39 is 12.2 Å². The molecule has 1 aromatic heterocycles. The van der Waals surface area contributed by atoms with E-state index in [1.807, 2.05) is 80.6 Å². The Balaban J connectivity index is 0.000000299. The summed E-state index contributed by atoms with van der Waals surface area (Å²) < 4.78 is 24.4. The minimum Gasteiger partial charge on any atom is -0.508 e. The number of phenols is 2. The molecule has 0 aliphatic heterocycles. The Morgan fingerprint density at radius 2 is 1.15 bits per heavy atom. The van der Waals surface area contributed by atoms with Crippen LogP contribution in [0.5, 0.6) is 17.2 Å². The summed E-state index contributed by atoms with van der Waals surface area (Å²) in [4.78, 5) is 27.2. The Morgan fingerprint density at radius 1 is 0.648 bits per heavy atom. The normalized spacial score (nSPS) is 12.0. The monoisotopic (exact) mass is 966 g/mol. The van der Waals surface area contributed by atoms with Gasteiger partial charge in [0, 0.05) is 49.8 Å². The number of aliphatic hydroxyl groups is 2. The van der Waals surface area contributed by atoms with Crippen LogP contribution in [0, 0.1) is 26.6 Å². The number of methoxy groups -OCH3 is 1. The van der Waals surface area contributed by atoms with E-state index in [0.29, 0.717) is 12.4 Å². The topological polar surface area (TPSA) is 146 Å². The fourth-order valence-corrected chi connectivity index (χ4v) is 7.53. The Hall–Kier alpha value is -6.98. The summed E-state index contributed by atoms with van der Waals surface area (Å²) in [6.07, 6.45) is 9.51. The number of benzene rings is 5. The predicted molar refractivity (Wildman–Crippen MR) is 289 cm³/mol. The highest BCUT2D eigenvalue weighted by Gasteiger charge is 2.23. The third kappa shape index (κ3) is 19.7. The molecule has 6 rings (SSSR count). The molecule has 0 saturated heterocycles. The zero-order valence-corrected chi connectivity index (χ0v) is 42.0. The van der Waals surface area contributed by atoms with E-state index in [1.54, 1.807) is 37.5 Å². The highest BCUT2D eigenvalue weighted by atomic mass is 19.1. The van der Waals surface area contributed by atoms with Crippen molar-refractivity contribution >= 4 is 42.1 Å². The second kappa shape index (κ2) is 28.6. The molecule has 0 spiro atoms. The van der Waals surface area contributed by atoms with Crippen molar-refractivity contribution in [3.63, 3.8) is 0 Å². The maximum Gasteiger partial charge on any atom is 0.308 e. The molecule has 10 heteroatoms. The average Bonchev–Trinajstić information content (AvgIpc) is 3.27. The van der Waals surface area contributed by atoms with Crippen molar-refractivity contribution in [1.29, 1.82) is 0 Å². The largest absolute Gasteiger partial charge is 0.508 e. The van der Waals surface area contributed by atoms with E-state index in [9.17, 15) is 34.4 Å². The van der Waals surface area contributed by atoms with E-state index in [-0.39, 0.29) is 61.2 Å². The predicted octanol–water partition coefficient (Wildman–Crippen LogP) is 14.0. The molecule has 71 heavy (non-hydrogen) atoms. The second-order valence-corrected chi connectivity index (χ2v) is 18.1. The van der Waals surface area contributed by atoms with Crippen LogP contribution in [-0.4, -0.2) is 56.5 Å². The number of hydrogen-bond donors (Lipinski definition) is 4. The number of ether oxygens (including phenoxy) is 2. The highest BCUT2D eigenvalue weighted by Crippen LogP contribution is 2.38. The number of hydrogen-bond acceptors (Lipinski definition) is 9.